The average molecular weight is 630 g/mol. The van der Waals surface area contributed by atoms with E-state index in [1.165, 1.54) is 224 Å². The molecule has 2 heteroatoms. The minimum Gasteiger partial charge on any atom is -0.247 e. The quantitative estimate of drug-likeness (QED) is 0.0563. The highest BCUT2D eigenvalue weighted by Gasteiger charge is 2.25. The van der Waals surface area contributed by atoms with Crippen LogP contribution in [0.1, 0.15) is 264 Å². The Bertz CT molecular complexity index is 694. The Morgan fingerprint density at radius 1 is 0.422 bits per heavy atom. The third-order valence-corrected chi connectivity index (χ3v) is 10.6. The Balaban J connectivity index is 2.25. The van der Waals surface area contributed by atoms with Gasteiger partial charge in [-0.15, -0.1) is 0 Å². The molecule has 0 aromatic carbocycles. The molecule has 1 aromatic heterocycles. The zero-order valence-corrected chi connectivity index (χ0v) is 31.8. The number of nitrogens with zero attached hydrogens (tertiary/aromatic N) is 1. The molecule has 2 atom stereocenters. The molecular formula is C43H85N2+. The summed E-state index contributed by atoms with van der Waals surface area (Å²) in [5, 5.41) is 0. The summed E-state index contributed by atoms with van der Waals surface area (Å²) in [5.41, 5.74) is 0. The molecule has 0 aliphatic carbocycles. The van der Waals surface area contributed by atoms with Gasteiger partial charge in [0.25, 0.3) is 5.82 Å². The number of hydrogen-bond donors (Lipinski definition) is 1. The van der Waals surface area contributed by atoms with Gasteiger partial charge in [-0.1, -0.05) is 213 Å². The number of aromatic nitrogens is 2. The molecule has 2 nitrogen and oxygen atoms in total. The number of hydrogen-bond acceptors (Lipinski definition) is 0. The lowest BCUT2D eigenvalue weighted by Crippen LogP contribution is -2.41. The number of rotatable bonds is 36. The van der Waals surface area contributed by atoms with Gasteiger partial charge in [0.05, 0.1) is 12.0 Å². The first kappa shape index (κ1) is 42.2. The molecule has 1 aromatic rings. The van der Waals surface area contributed by atoms with Crippen molar-refractivity contribution in [3.63, 3.8) is 0 Å². The summed E-state index contributed by atoms with van der Waals surface area (Å²) < 4.78 is 2.63. The second kappa shape index (κ2) is 33.1. The molecule has 0 bridgehead atoms. The number of aromatic amines is 1. The third-order valence-electron chi connectivity index (χ3n) is 10.6. The van der Waals surface area contributed by atoms with E-state index in [1.807, 2.05) is 0 Å². The largest absolute Gasteiger partial charge is 0.257 e. The van der Waals surface area contributed by atoms with Crippen LogP contribution in [0.25, 0.3) is 0 Å². The minimum absolute atomic E-state index is 0.619. The predicted molar refractivity (Wildman–Crippen MR) is 202 cm³/mol. The Morgan fingerprint density at radius 3 is 1.07 bits per heavy atom. The van der Waals surface area contributed by atoms with Gasteiger partial charge in [0, 0.05) is 0 Å². The van der Waals surface area contributed by atoms with Crippen LogP contribution in [0.2, 0.25) is 0 Å². The molecule has 0 radical (unpaired) electrons. The Hall–Kier alpha value is -0.790. The lowest BCUT2D eigenvalue weighted by molar-refractivity contribution is -0.727. The van der Waals surface area contributed by atoms with Crippen LogP contribution in [-0.2, 0) is 0 Å². The maximum atomic E-state index is 3.74. The van der Waals surface area contributed by atoms with Crippen molar-refractivity contribution in [2.75, 3.05) is 0 Å². The van der Waals surface area contributed by atoms with E-state index in [-0.39, 0.29) is 0 Å². The van der Waals surface area contributed by atoms with E-state index in [0.29, 0.717) is 12.0 Å². The van der Waals surface area contributed by atoms with E-state index < -0.39 is 0 Å². The molecule has 1 rings (SSSR count). The molecule has 1 N–H and O–H groups in total. The van der Waals surface area contributed by atoms with Gasteiger partial charge >= 0.3 is 0 Å². The van der Waals surface area contributed by atoms with Crippen LogP contribution in [0.4, 0.5) is 0 Å². The smallest absolute Gasteiger partial charge is 0.247 e. The fourth-order valence-corrected chi connectivity index (χ4v) is 7.49. The van der Waals surface area contributed by atoms with Crippen LogP contribution >= 0.6 is 0 Å². The Morgan fingerprint density at radius 2 is 0.711 bits per heavy atom. The van der Waals surface area contributed by atoms with Crippen molar-refractivity contribution in [2.45, 2.75) is 258 Å². The van der Waals surface area contributed by atoms with Crippen molar-refractivity contribution in [3.8, 4) is 0 Å². The van der Waals surface area contributed by atoms with Gasteiger partial charge in [0.15, 0.2) is 0 Å². The third kappa shape index (κ3) is 25.0. The Labute approximate surface area is 285 Å². The monoisotopic (exact) mass is 630 g/mol. The average Bonchev–Trinajstić information content (AvgIpc) is 3.54. The van der Waals surface area contributed by atoms with Gasteiger partial charge in [-0.2, -0.15) is 0 Å². The molecule has 0 saturated heterocycles. The van der Waals surface area contributed by atoms with E-state index in [4.69, 9.17) is 0 Å². The maximum Gasteiger partial charge on any atom is 0.257 e. The molecule has 266 valence electrons. The van der Waals surface area contributed by atoms with Crippen LogP contribution in [0.3, 0.4) is 0 Å². The van der Waals surface area contributed by atoms with E-state index in [1.54, 1.807) is 0 Å². The summed E-state index contributed by atoms with van der Waals surface area (Å²) in [5.74, 6) is 2.24. The van der Waals surface area contributed by atoms with Crippen molar-refractivity contribution < 1.29 is 4.57 Å². The topological polar surface area (TPSA) is 19.7 Å². The normalized spacial score (nSPS) is 13.1. The molecule has 0 fully saturated rings. The van der Waals surface area contributed by atoms with Gasteiger partial charge < -0.3 is 0 Å². The molecule has 0 amide bonds. The first-order chi connectivity index (χ1) is 22.2. The molecule has 2 unspecified atom stereocenters. The first-order valence-corrected chi connectivity index (χ1v) is 21.3. The second-order valence-corrected chi connectivity index (χ2v) is 15.1. The minimum atomic E-state index is 0.619. The lowest BCUT2D eigenvalue weighted by Gasteiger charge is -2.17. The molecule has 0 aliphatic heterocycles. The van der Waals surface area contributed by atoms with Crippen LogP contribution in [-0.4, -0.2) is 4.98 Å². The maximum absolute atomic E-state index is 3.74. The van der Waals surface area contributed by atoms with Crippen molar-refractivity contribution in [3.05, 3.63) is 18.2 Å². The van der Waals surface area contributed by atoms with Crippen LogP contribution < -0.4 is 4.57 Å². The standard InChI is InChI=1S/C43H84N2/c1-5-8-11-14-16-18-20-22-24-25-27-29-31-33-36-41(4)45-40-39-44-43(45)42(37-34-13-10-7-3)38-35-32-30-28-26-23-21-19-17-15-12-9-6-2/h39-42H,5-38H2,1-4H3/p+1. The summed E-state index contributed by atoms with van der Waals surface area (Å²) in [6.07, 6.45) is 53.2. The molecule has 0 aliphatic rings. The first-order valence-electron chi connectivity index (χ1n) is 21.3. The molecular weight excluding hydrogens is 544 g/mol. The number of imidazole rings is 1. The number of H-pyrrole nitrogens is 1. The fraction of sp³-hybridized carbons (Fsp3) is 0.930. The highest BCUT2D eigenvalue weighted by molar-refractivity contribution is 4.90. The second-order valence-electron chi connectivity index (χ2n) is 15.1. The van der Waals surface area contributed by atoms with Crippen LogP contribution in [0, 0.1) is 0 Å². The number of unbranched alkanes of at least 4 members (excludes halogenated alkanes) is 28. The van der Waals surface area contributed by atoms with E-state index in [2.05, 4.69) is 49.6 Å². The zero-order chi connectivity index (χ0) is 32.5. The molecule has 0 spiro atoms. The van der Waals surface area contributed by atoms with Gasteiger partial charge in [-0.05, 0) is 32.6 Å². The van der Waals surface area contributed by atoms with Crippen molar-refractivity contribution in [1.82, 2.24) is 4.98 Å². The molecule has 45 heavy (non-hydrogen) atoms. The summed E-state index contributed by atoms with van der Waals surface area (Å²) in [6, 6.07) is 0.619. The fourth-order valence-electron chi connectivity index (χ4n) is 7.49. The summed E-state index contributed by atoms with van der Waals surface area (Å²) in [4.78, 5) is 3.74. The van der Waals surface area contributed by atoms with Crippen molar-refractivity contribution >= 4 is 0 Å². The van der Waals surface area contributed by atoms with Gasteiger partial charge in [0.2, 0.25) is 0 Å². The number of nitrogens with one attached hydrogen (secondary N) is 1. The van der Waals surface area contributed by atoms with Crippen LogP contribution in [0.5, 0.6) is 0 Å². The van der Waals surface area contributed by atoms with Gasteiger partial charge in [-0.25, -0.2) is 9.55 Å². The van der Waals surface area contributed by atoms with Crippen molar-refractivity contribution in [2.24, 2.45) is 0 Å². The van der Waals surface area contributed by atoms with Crippen molar-refractivity contribution in [1.29, 1.82) is 0 Å². The van der Waals surface area contributed by atoms with Crippen LogP contribution in [0.15, 0.2) is 12.4 Å². The SMILES string of the molecule is CCCCCCCCCCCCCCCCC(C)[n+]1cc[nH]c1C(CCCCCC)CCCCCCCCCCCCCCC. The zero-order valence-electron chi connectivity index (χ0n) is 31.8. The van der Waals surface area contributed by atoms with E-state index >= 15 is 0 Å². The van der Waals surface area contributed by atoms with E-state index in [9.17, 15) is 0 Å². The van der Waals surface area contributed by atoms with E-state index in [0.717, 1.165) is 0 Å². The highest BCUT2D eigenvalue weighted by Crippen LogP contribution is 2.27. The lowest BCUT2D eigenvalue weighted by atomic mass is 9.93. The van der Waals surface area contributed by atoms with Gasteiger partial charge in [0.1, 0.15) is 12.4 Å². The summed E-state index contributed by atoms with van der Waals surface area (Å²) >= 11 is 0. The molecule has 1 heterocycles. The highest BCUT2D eigenvalue weighted by atomic mass is 15.1. The Kier molecular flexibility index (Phi) is 31.1. The van der Waals surface area contributed by atoms with Gasteiger partial charge in [-0.3, -0.25) is 0 Å². The summed E-state index contributed by atoms with van der Waals surface area (Å²) in [6.45, 7) is 9.43. The predicted octanol–water partition coefficient (Wildman–Crippen LogP) is 15.3. The molecule has 0 saturated carbocycles. The summed E-state index contributed by atoms with van der Waals surface area (Å²) in [7, 11) is 0.